The van der Waals surface area contributed by atoms with Crippen molar-refractivity contribution in [3.63, 3.8) is 0 Å². The molecular weight excluding hydrogens is 546 g/mol. The summed E-state index contributed by atoms with van der Waals surface area (Å²) in [5.74, 6) is 0.750. The van der Waals surface area contributed by atoms with Crippen LogP contribution in [0.15, 0.2) is 93.4 Å². The largest absolute Gasteiger partial charge is 0.493 e. The molecule has 2 N–H and O–H groups in total. The Labute approximate surface area is 238 Å². The molecule has 5 rings (SSSR count). The number of hydrogen-bond acceptors (Lipinski definition) is 9. The number of sulfonamides is 1. The van der Waals surface area contributed by atoms with E-state index in [9.17, 15) is 13.3 Å². The zero-order valence-corrected chi connectivity index (χ0v) is 23.4. The van der Waals surface area contributed by atoms with Crippen molar-refractivity contribution in [1.29, 1.82) is 0 Å². The summed E-state index contributed by atoms with van der Waals surface area (Å²) in [6.07, 6.45) is 1.48. The first-order valence-electron chi connectivity index (χ1n) is 13.2. The van der Waals surface area contributed by atoms with E-state index in [-0.39, 0.29) is 23.9 Å². The molecule has 1 aliphatic rings. The molecule has 0 bridgehead atoms. The standard InChI is InChI=1S/C30H31N3O7S/c1-37-30(14-16-38-17-15-30)24-8-5-9-25(18-24)39-20-23(19-32-34)29-33-27(21-6-3-2-4-7-21)28(40-29)22-10-12-26(13-11-22)41(31,35)36/h2-13,18,23H,14-17,19-20H2,1H3,(H2,31,35,36). The van der Waals surface area contributed by atoms with Crippen LogP contribution in [-0.2, 0) is 25.1 Å². The van der Waals surface area contributed by atoms with Gasteiger partial charge >= 0.3 is 0 Å². The molecule has 0 spiro atoms. The number of nitrogens with two attached hydrogens (primary N) is 1. The van der Waals surface area contributed by atoms with Gasteiger partial charge in [-0.15, -0.1) is 0 Å². The van der Waals surface area contributed by atoms with Gasteiger partial charge in [-0.05, 0) is 42.0 Å². The van der Waals surface area contributed by atoms with E-state index in [1.807, 2.05) is 54.6 Å². The molecule has 1 fully saturated rings. The molecule has 1 saturated heterocycles. The first-order valence-corrected chi connectivity index (χ1v) is 14.7. The molecule has 1 unspecified atom stereocenters. The number of benzene rings is 3. The number of aromatic nitrogens is 1. The highest BCUT2D eigenvalue weighted by atomic mass is 32.2. The third-order valence-electron chi connectivity index (χ3n) is 7.28. The third kappa shape index (κ3) is 6.38. The average Bonchev–Trinajstić information content (AvgIpc) is 3.45. The molecule has 0 radical (unpaired) electrons. The van der Waals surface area contributed by atoms with Crippen molar-refractivity contribution in [3.8, 4) is 28.3 Å². The Kier molecular flexibility index (Phi) is 8.60. The van der Waals surface area contributed by atoms with Crippen LogP contribution in [0.5, 0.6) is 5.75 Å². The SMILES string of the molecule is COC1(c2cccc(OCC(CN=O)c3nc(-c4ccccc4)c(-c4ccc(S(N)(=O)=O)cc4)o3)c2)CCOCC1. The highest BCUT2D eigenvalue weighted by Crippen LogP contribution is 2.38. The summed E-state index contributed by atoms with van der Waals surface area (Å²) < 4.78 is 47.3. The van der Waals surface area contributed by atoms with E-state index in [0.29, 0.717) is 36.0 Å². The van der Waals surface area contributed by atoms with Gasteiger partial charge in [0.2, 0.25) is 15.9 Å². The highest BCUT2D eigenvalue weighted by Gasteiger charge is 2.34. The average molecular weight is 578 g/mol. The number of primary sulfonamides is 1. The minimum absolute atomic E-state index is 0.0167. The quantitative estimate of drug-likeness (QED) is 0.239. The van der Waals surface area contributed by atoms with Gasteiger partial charge < -0.3 is 18.6 Å². The molecule has 2 heterocycles. The molecule has 10 nitrogen and oxygen atoms in total. The van der Waals surface area contributed by atoms with E-state index in [0.717, 1.165) is 24.0 Å². The van der Waals surface area contributed by atoms with Crippen molar-refractivity contribution in [1.82, 2.24) is 4.98 Å². The molecule has 1 aromatic heterocycles. The zero-order chi connectivity index (χ0) is 28.9. The summed E-state index contributed by atoms with van der Waals surface area (Å²) in [4.78, 5) is 16.2. The fourth-order valence-corrected chi connectivity index (χ4v) is 5.48. The van der Waals surface area contributed by atoms with Crippen LogP contribution in [0.25, 0.3) is 22.6 Å². The molecule has 0 aliphatic carbocycles. The minimum Gasteiger partial charge on any atom is -0.493 e. The second-order valence-corrected chi connectivity index (χ2v) is 11.4. The van der Waals surface area contributed by atoms with Gasteiger partial charge in [0.25, 0.3) is 0 Å². The number of rotatable bonds is 11. The van der Waals surface area contributed by atoms with Crippen LogP contribution in [0.3, 0.4) is 0 Å². The van der Waals surface area contributed by atoms with Crippen molar-refractivity contribution in [2.75, 3.05) is 33.5 Å². The molecule has 0 amide bonds. The third-order valence-corrected chi connectivity index (χ3v) is 8.21. The molecule has 3 aromatic carbocycles. The Morgan fingerprint density at radius 3 is 2.39 bits per heavy atom. The number of methoxy groups -OCH3 is 1. The van der Waals surface area contributed by atoms with Gasteiger partial charge in [-0.2, -0.15) is 4.91 Å². The lowest BCUT2D eigenvalue weighted by Crippen LogP contribution is -2.35. The number of nitroso groups, excluding NO2 is 1. The van der Waals surface area contributed by atoms with Gasteiger partial charge in [0.05, 0.1) is 23.0 Å². The van der Waals surface area contributed by atoms with Crippen LogP contribution in [0.4, 0.5) is 0 Å². The number of nitrogens with zero attached hydrogens (tertiary/aromatic N) is 2. The van der Waals surface area contributed by atoms with Crippen molar-refractivity contribution in [2.24, 2.45) is 10.3 Å². The smallest absolute Gasteiger partial charge is 0.238 e. The fourth-order valence-electron chi connectivity index (χ4n) is 4.96. The molecule has 1 atom stereocenters. The van der Waals surface area contributed by atoms with Crippen LogP contribution >= 0.6 is 0 Å². The first kappa shape index (κ1) is 28.6. The maximum atomic E-state index is 11.7. The predicted molar refractivity (Wildman–Crippen MR) is 153 cm³/mol. The number of ether oxygens (including phenoxy) is 3. The van der Waals surface area contributed by atoms with Crippen LogP contribution in [0.1, 0.15) is 30.2 Å². The van der Waals surface area contributed by atoms with E-state index in [1.165, 1.54) is 12.1 Å². The van der Waals surface area contributed by atoms with Crippen molar-refractivity contribution >= 4 is 10.0 Å². The Morgan fingerprint density at radius 1 is 1.00 bits per heavy atom. The molecule has 11 heteroatoms. The van der Waals surface area contributed by atoms with Gasteiger partial charge in [0.1, 0.15) is 18.1 Å². The Hall–Kier alpha value is -3.90. The lowest BCUT2D eigenvalue weighted by atomic mass is 9.86. The summed E-state index contributed by atoms with van der Waals surface area (Å²) in [5, 5.41) is 8.38. The zero-order valence-electron chi connectivity index (χ0n) is 22.6. The van der Waals surface area contributed by atoms with Gasteiger partial charge in [0, 0.05) is 44.3 Å². The van der Waals surface area contributed by atoms with E-state index < -0.39 is 21.5 Å². The summed E-state index contributed by atoms with van der Waals surface area (Å²) >= 11 is 0. The van der Waals surface area contributed by atoms with Crippen LogP contribution in [0, 0.1) is 4.91 Å². The summed E-state index contributed by atoms with van der Waals surface area (Å²) in [7, 11) is -2.15. The maximum Gasteiger partial charge on any atom is 0.238 e. The van der Waals surface area contributed by atoms with Crippen molar-refractivity contribution < 1.29 is 27.0 Å². The second kappa shape index (κ2) is 12.3. The summed E-state index contributed by atoms with van der Waals surface area (Å²) in [6, 6.07) is 23.2. The Balaban J connectivity index is 1.44. The number of oxazole rings is 1. The van der Waals surface area contributed by atoms with E-state index >= 15 is 0 Å². The monoisotopic (exact) mass is 577 g/mol. The van der Waals surface area contributed by atoms with Crippen molar-refractivity contribution in [2.45, 2.75) is 29.3 Å². The van der Waals surface area contributed by atoms with Gasteiger partial charge in [-0.25, -0.2) is 18.5 Å². The maximum absolute atomic E-state index is 11.7. The summed E-state index contributed by atoms with van der Waals surface area (Å²) in [6.45, 7) is 1.22. The summed E-state index contributed by atoms with van der Waals surface area (Å²) in [5.41, 5.74) is 2.49. The molecule has 4 aromatic rings. The first-order chi connectivity index (χ1) is 19.8. The van der Waals surface area contributed by atoms with E-state index in [1.54, 1.807) is 19.2 Å². The van der Waals surface area contributed by atoms with Crippen LogP contribution < -0.4 is 9.88 Å². The predicted octanol–water partition coefficient (Wildman–Crippen LogP) is 5.24. The normalized spacial score (nSPS) is 15.8. The van der Waals surface area contributed by atoms with Gasteiger partial charge in [-0.3, -0.25) is 0 Å². The molecule has 214 valence electrons. The molecular formula is C30H31N3O7S. The van der Waals surface area contributed by atoms with Crippen LogP contribution in [-0.4, -0.2) is 46.9 Å². The molecule has 0 saturated carbocycles. The fraction of sp³-hybridized carbons (Fsp3) is 0.300. The molecule has 1 aliphatic heterocycles. The van der Waals surface area contributed by atoms with Gasteiger partial charge in [-0.1, -0.05) is 47.6 Å². The molecule has 41 heavy (non-hydrogen) atoms. The Bertz CT molecular complexity index is 1580. The van der Waals surface area contributed by atoms with Gasteiger partial charge in [0.15, 0.2) is 5.76 Å². The number of hydrogen-bond donors (Lipinski definition) is 1. The Morgan fingerprint density at radius 2 is 1.73 bits per heavy atom. The lowest BCUT2D eigenvalue weighted by Gasteiger charge is -2.36. The van der Waals surface area contributed by atoms with Crippen LogP contribution in [0.2, 0.25) is 0 Å². The minimum atomic E-state index is -3.85. The van der Waals surface area contributed by atoms with Crippen molar-refractivity contribution in [3.05, 3.63) is 95.2 Å². The highest BCUT2D eigenvalue weighted by molar-refractivity contribution is 7.89. The lowest BCUT2D eigenvalue weighted by molar-refractivity contribution is -0.0948. The second-order valence-electron chi connectivity index (χ2n) is 9.82. The van der Waals surface area contributed by atoms with E-state index in [4.69, 9.17) is 28.8 Å². The topological polar surface area (TPSA) is 143 Å². The van der Waals surface area contributed by atoms with E-state index in [2.05, 4.69) is 5.18 Å².